The number of Topliss-reactive ketones (excluding diaryl/α,β-unsaturated/α-hetero) is 1. The molecule has 1 rings (SSSR count). The molecule has 1 aromatic rings. The molecular formula is C13H17NO2. The molecule has 1 atom stereocenters. The van der Waals surface area contributed by atoms with Crippen LogP contribution >= 0.6 is 0 Å². The fourth-order valence-electron chi connectivity index (χ4n) is 1.71. The molecule has 0 bridgehead atoms. The van der Waals surface area contributed by atoms with Crippen molar-refractivity contribution in [2.45, 2.75) is 33.6 Å². The van der Waals surface area contributed by atoms with Gasteiger partial charge in [0.2, 0.25) is 0 Å². The molecule has 0 amide bonds. The van der Waals surface area contributed by atoms with Crippen molar-refractivity contribution in [3.8, 4) is 6.07 Å². The first-order chi connectivity index (χ1) is 7.60. The van der Waals surface area contributed by atoms with E-state index in [-0.39, 0.29) is 5.78 Å². The molecule has 3 nitrogen and oxygen atoms in total. The molecular weight excluding hydrogens is 202 g/mol. The molecule has 0 aliphatic carbocycles. The highest BCUT2D eigenvalue weighted by atomic mass is 16.3. The van der Waals surface area contributed by atoms with Gasteiger partial charge < -0.3 is 4.42 Å². The zero-order valence-corrected chi connectivity index (χ0v) is 9.99. The molecule has 16 heavy (non-hydrogen) atoms. The third-order valence-corrected chi connectivity index (χ3v) is 2.51. The third kappa shape index (κ3) is 2.73. The van der Waals surface area contributed by atoms with Gasteiger partial charge in [-0.15, -0.1) is 0 Å². The van der Waals surface area contributed by atoms with E-state index in [4.69, 9.17) is 9.68 Å². The fourth-order valence-corrected chi connectivity index (χ4v) is 1.71. The molecule has 0 aromatic carbocycles. The summed E-state index contributed by atoms with van der Waals surface area (Å²) >= 11 is 0. The van der Waals surface area contributed by atoms with Crippen LogP contribution in [0.4, 0.5) is 0 Å². The second-order valence-electron chi connectivity index (χ2n) is 4.29. The van der Waals surface area contributed by atoms with E-state index in [9.17, 15) is 4.79 Å². The Morgan fingerprint density at radius 2 is 2.25 bits per heavy atom. The highest BCUT2D eigenvalue weighted by molar-refractivity contribution is 6.00. The average Bonchev–Trinajstić information content (AvgIpc) is 2.72. The second-order valence-corrected chi connectivity index (χ2v) is 4.29. The maximum atomic E-state index is 12.1. The topological polar surface area (TPSA) is 54.0 Å². The zero-order chi connectivity index (χ0) is 12.1. The number of furan rings is 1. The lowest BCUT2D eigenvalue weighted by atomic mass is 9.91. The lowest BCUT2D eigenvalue weighted by molar-refractivity contribution is 0.0935. The summed E-state index contributed by atoms with van der Waals surface area (Å²) in [5.41, 5.74) is 0.565. The van der Waals surface area contributed by atoms with E-state index >= 15 is 0 Å². The van der Waals surface area contributed by atoms with Gasteiger partial charge in [0.15, 0.2) is 5.78 Å². The molecule has 1 aromatic heterocycles. The van der Waals surface area contributed by atoms with E-state index < -0.39 is 5.92 Å². The minimum absolute atomic E-state index is 0.109. The smallest absolute Gasteiger partial charge is 0.183 e. The number of hydrogen-bond acceptors (Lipinski definition) is 3. The monoisotopic (exact) mass is 219 g/mol. The normalized spacial score (nSPS) is 12.4. The number of nitrogens with zero attached hydrogens (tertiary/aromatic N) is 1. The number of ketones is 1. The van der Waals surface area contributed by atoms with Gasteiger partial charge in [-0.25, -0.2) is 0 Å². The molecule has 0 radical (unpaired) electrons. The van der Waals surface area contributed by atoms with Gasteiger partial charge in [0.05, 0.1) is 17.9 Å². The van der Waals surface area contributed by atoms with E-state index in [0.29, 0.717) is 30.1 Å². The van der Waals surface area contributed by atoms with E-state index in [1.54, 1.807) is 6.07 Å². The molecule has 0 saturated carbocycles. The number of nitriles is 1. The van der Waals surface area contributed by atoms with Gasteiger partial charge in [0.25, 0.3) is 0 Å². The first kappa shape index (κ1) is 12.5. The van der Waals surface area contributed by atoms with E-state index in [0.717, 1.165) is 0 Å². The minimum atomic E-state index is -0.553. The van der Waals surface area contributed by atoms with Crippen LogP contribution in [0.25, 0.3) is 0 Å². The van der Waals surface area contributed by atoms with Gasteiger partial charge in [-0.2, -0.15) is 5.26 Å². The largest absolute Gasteiger partial charge is 0.469 e. The Labute approximate surface area is 96.1 Å². The van der Waals surface area contributed by atoms with E-state index in [1.165, 1.54) is 6.26 Å². The zero-order valence-electron chi connectivity index (χ0n) is 9.99. The number of carbonyl (C=O) groups excluding carboxylic acids is 1. The molecule has 1 unspecified atom stereocenters. The van der Waals surface area contributed by atoms with Crippen LogP contribution in [0.2, 0.25) is 0 Å². The average molecular weight is 219 g/mol. The van der Waals surface area contributed by atoms with Crippen molar-refractivity contribution in [2.24, 2.45) is 11.8 Å². The van der Waals surface area contributed by atoms with Crippen LogP contribution in [0.3, 0.4) is 0 Å². The predicted molar refractivity (Wildman–Crippen MR) is 61.0 cm³/mol. The maximum absolute atomic E-state index is 12.1. The third-order valence-electron chi connectivity index (χ3n) is 2.51. The van der Waals surface area contributed by atoms with Crippen molar-refractivity contribution in [2.75, 3.05) is 0 Å². The SMILES string of the molecule is CCc1occc1C(=O)C(C#N)CC(C)C. The predicted octanol–water partition coefficient (Wildman–Crippen LogP) is 3.21. The van der Waals surface area contributed by atoms with Crippen molar-refractivity contribution in [3.05, 3.63) is 23.7 Å². The fraction of sp³-hybridized carbons (Fsp3) is 0.538. The van der Waals surface area contributed by atoms with Gasteiger partial charge in [-0.3, -0.25) is 4.79 Å². The molecule has 86 valence electrons. The molecule has 0 spiro atoms. The van der Waals surface area contributed by atoms with Crippen molar-refractivity contribution in [1.82, 2.24) is 0 Å². The lowest BCUT2D eigenvalue weighted by Gasteiger charge is -2.10. The lowest BCUT2D eigenvalue weighted by Crippen LogP contribution is -2.15. The van der Waals surface area contributed by atoms with Crippen molar-refractivity contribution >= 4 is 5.78 Å². The molecule has 3 heteroatoms. The van der Waals surface area contributed by atoms with Gasteiger partial charge in [-0.1, -0.05) is 20.8 Å². The molecule has 0 aliphatic heterocycles. The van der Waals surface area contributed by atoms with Crippen LogP contribution in [-0.2, 0) is 6.42 Å². The van der Waals surface area contributed by atoms with Crippen molar-refractivity contribution < 1.29 is 9.21 Å². The Balaban J connectivity index is 2.88. The van der Waals surface area contributed by atoms with Gasteiger partial charge in [0, 0.05) is 6.42 Å². The van der Waals surface area contributed by atoms with Crippen molar-refractivity contribution in [3.63, 3.8) is 0 Å². The summed E-state index contributed by atoms with van der Waals surface area (Å²) in [4.78, 5) is 12.1. The molecule has 0 aliphatic rings. The Bertz CT molecular complexity index is 398. The number of hydrogen-bond donors (Lipinski definition) is 0. The molecule has 0 saturated heterocycles. The van der Waals surface area contributed by atoms with Gasteiger partial charge in [0.1, 0.15) is 11.7 Å². The number of aryl methyl sites for hydroxylation is 1. The van der Waals surface area contributed by atoms with Crippen LogP contribution in [-0.4, -0.2) is 5.78 Å². The molecule has 0 fully saturated rings. The molecule has 0 N–H and O–H groups in total. The minimum Gasteiger partial charge on any atom is -0.469 e. The second kappa shape index (κ2) is 5.50. The van der Waals surface area contributed by atoms with Crippen LogP contribution < -0.4 is 0 Å². The van der Waals surface area contributed by atoms with Crippen LogP contribution in [0.5, 0.6) is 0 Å². The van der Waals surface area contributed by atoms with Crippen LogP contribution in [0.1, 0.15) is 43.3 Å². The van der Waals surface area contributed by atoms with Crippen LogP contribution in [0, 0.1) is 23.2 Å². The summed E-state index contributed by atoms with van der Waals surface area (Å²) in [6.07, 6.45) is 2.79. The van der Waals surface area contributed by atoms with Crippen molar-refractivity contribution in [1.29, 1.82) is 5.26 Å². The summed E-state index contributed by atoms with van der Waals surface area (Å²) in [6.45, 7) is 5.95. The van der Waals surface area contributed by atoms with Gasteiger partial charge in [-0.05, 0) is 18.4 Å². The Morgan fingerprint density at radius 1 is 1.56 bits per heavy atom. The summed E-state index contributed by atoms with van der Waals surface area (Å²) < 4.78 is 5.20. The highest BCUT2D eigenvalue weighted by Crippen LogP contribution is 2.20. The number of rotatable bonds is 5. The summed E-state index contributed by atoms with van der Waals surface area (Å²) in [5, 5.41) is 9.01. The standard InChI is InChI=1S/C13H17NO2/c1-4-12-11(5-6-16-12)13(15)10(8-14)7-9(2)3/h5-6,9-10H,4,7H2,1-3H3. The highest BCUT2D eigenvalue weighted by Gasteiger charge is 2.24. The summed E-state index contributed by atoms with van der Waals surface area (Å²) in [5.74, 6) is 0.351. The number of carbonyl (C=O) groups is 1. The van der Waals surface area contributed by atoms with Gasteiger partial charge >= 0.3 is 0 Å². The maximum Gasteiger partial charge on any atom is 0.183 e. The van der Waals surface area contributed by atoms with Crippen LogP contribution in [0.15, 0.2) is 16.7 Å². The molecule has 1 heterocycles. The Kier molecular flexibility index (Phi) is 4.30. The van der Waals surface area contributed by atoms with E-state index in [2.05, 4.69) is 6.07 Å². The quantitative estimate of drug-likeness (QED) is 0.714. The first-order valence-corrected chi connectivity index (χ1v) is 5.60. The summed E-state index contributed by atoms with van der Waals surface area (Å²) in [7, 11) is 0. The first-order valence-electron chi connectivity index (χ1n) is 5.60. The Hall–Kier alpha value is -1.56. The summed E-state index contributed by atoms with van der Waals surface area (Å²) in [6, 6.07) is 3.74. The Morgan fingerprint density at radius 3 is 2.75 bits per heavy atom. The van der Waals surface area contributed by atoms with E-state index in [1.807, 2.05) is 20.8 Å².